The molecule has 4 heteroatoms. The van der Waals surface area contributed by atoms with Gasteiger partial charge in [-0.05, 0) is 36.6 Å². The van der Waals surface area contributed by atoms with Gasteiger partial charge in [0.05, 0.1) is 0 Å². The van der Waals surface area contributed by atoms with E-state index in [2.05, 4.69) is 5.32 Å². The Morgan fingerprint density at radius 1 is 1.17 bits per heavy atom. The van der Waals surface area contributed by atoms with Crippen molar-refractivity contribution in [3.05, 3.63) is 29.6 Å². The molecule has 0 saturated heterocycles. The summed E-state index contributed by atoms with van der Waals surface area (Å²) >= 11 is 0. The molecular weight excluding hydrogens is 305 g/mol. The van der Waals surface area contributed by atoms with E-state index < -0.39 is 11.2 Å². The Hall–Kier alpha value is -1.71. The maximum atomic E-state index is 13.6. The second kappa shape index (κ2) is 7.04. The van der Waals surface area contributed by atoms with E-state index in [0.717, 1.165) is 25.7 Å². The van der Waals surface area contributed by atoms with Crippen molar-refractivity contribution in [2.75, 3.05) is 5.32 Å². The highest BCUT2D eigenvalue weighted by atomic mass is 19.1. The minimum absolute atomic E-state index is 0.0208. The molecule has 0 aliphatic heterocycles. The molecule has 0 aromatic heterocycles. The van der Waals surface area contributed by atoms with Gasteiger partial charge in [-0.2, -0.15) is 0 Å². The molecule has 24 heavy (non-hydrogen) atoms. The van der Waals surface area contributed by atoms with E-state index in [1.54, 1.807) is 6.07 Å². The van der Waals surface area contributed by atoms with E-state index in [1.165, 1.54) is 18.6 Å². The molecule has 1 amide bonds. The predicted octanol–water partition coefficient (Wildman–Crippen LogP) is 4.89. The van der Waals surface area contributed by atoms with Crippen LogP contribution in [0.15, 0.2) is 18.2 Å². The number of amides is 1. The van der Waals surface area contributed by atoms with Crippen LogP contribution in [0.5, 0.6) is 0 Å². The average Bonchev–Trinajstić information content (AvgIpc) is 2.49. The van der Waals surface area contributed by atoms with Crippen LogP contribution in [0.25, 0.3) is 0 Å². The van der Waals surface area contributed by atoms with Crippen LogP contribution >= 0.6 is 0 Å². The molecule has 132 valence electrons. The van der Waals surface area contributed by atoms with E-state index in [1.807, 2.05) is 27.7 Å². The van der Waals surface area contributed by atoms with Crippen LogP contribution in [0.1, 0.15) is 65.4 Å². The molecule has 2 rings (SSSR count). The van der Waals surface area contributed by atoms with Gasteiger partial charge >= 0.3 is 0 Å². The first-order valence-corrected chi connectivity index (χ1v) is 8.75. The molecule has 1 aromatic carbocycles. The molecule has 0 unspecified atom stereocenters. The van der Waals surface area contributed by atoms with Crippen molar-refractivity contribution in [3.63, 3.8) is 0 Å². The van der Waals surface area contributed by atoms with Crippen molar-refractivity contribution in [3.8, 4) is 0 Å². The number of anilines is 1. The first kappa shape index (κ1) is 18.6. The van der Waals surface area contributed by atoms with Gasteiger partial charge in [-0.15, -0.1) is 0 Å². The first-order chi connectivity index (χ1) is 11.1. The van der Waals surface area contributed by atoms with Gasteiger partial charge in [0.15, 0.2) is 0 Å². The van der Waals surface area contributed by atoms with Crippen molar-refractivity contribution in [1.82, 2.24) is 0 Å². The lowest BCUT2D eigenvalue weighted by Crippen LogP contribution is -2.35. The summed E-state index contributed by atoms with van der Waals surface area (Å²) in [6, 6.07) is 4.23. The summed E-state index contributed by atoms with van der Waals surface area (Å²) in [5.41, 5.74) is 0.217. The van der Waals surface area contributed by atoms with E-state index in [-0.39, 0.29) is 23.5 Å². The van der Waals surface area contributed by atoms with E-state index in [0.29, 0.717) is 11.3 Å². The highest BCUT2D eigenvalue weighted by molar-refractivity contribution is 5.97. The third kappa shape index (κ3) is 4.43. The van der Waals surface area contributed by atoms with Gasteiger partial charge in [-0.25, -0.2) is 4.39 Å². The number of ketones is 1. The van der Waals surface area contributed by atoms with E-state index in [4.69, 9.17) is 0 Å². The Labute approximate surface area is 144 Å². The molecule has 0 heterocycles. The Balaban J connectivity index is 2.20. The second-order valence-electron chi connectivity index (χ2n) is 8.23. The highest BCUT2D eigenvalue weighted by Gasteiger charge is 2.35. The maximum Gasteiger partial charge on any atom is 0.230 e. The standard InChI is InChI=1S/C20H28FNO2/c1-19(2,3)17(23)13-14-12-15(21)8-9-16(14)22-18(24)20(4)10-6-5-7-11-20/h8-9,12H,5-7,10-11,13H2,1-4H3,(H,22,24). The summed E-state index contributed by atoms with van der Waals surface area (Å²) in [4.78, 5) is 25.0. The zero-order valence-corrected chi connectivity index (χ0v) is 15.2. The highest BCUT2D eigenvalue weighted by Crippen LogP contribution is 2.37. The smallest absolute Gasteiger partial charge is 0.230 e. The number of rotatable bonds is 4. The van der Waals surface area contributed by atoms with Crippen molar-refractivity contribution >= 4 is 17.4 Å². The van der Waals surface area contributed by atoms with Crippen LogP contribution in [-0.2, 0) is 16.0 Å². The first-order valence-electron chi connectivity index (χ1n) is 8.75. The molecular formula is C20H28FNO2. The van der Waals surface area contributed by atoms with Gasteiger partial charge < -0.3 is 5.32 Å². The second-order valence-corrected chi connectivity index (χ2v) is 8.23. The quantitative estimate of drug-likeness (QED) is 0.852. The number of carbonyl (C=O) groups is 2. The van der Waals surface area contributed by atoms with Crippen molar-refractivity contribution in [1.29, 1.82) is 0 Å². The number of carbonyl (C=O) groups excluding carboxylic acids is 2. The lowest BCUT2D eigenvalue weighted by molar-refractivity contribution is -0.127. The third-order valence-corrected chi connectivity index (χ3v) is 5.01. The van der Waals surface area contributed by atoms with Crippen LogP contribution in [0, 0.1) is 16.6 Å². The summed E-state index contributed by atoms with van der Waals surface area (Å²) in [7, 11) is 0. The van der Waals surface area contributed by atoms with Crippen molar-refractivity contribution < 1.29 is 14.0 Å². The SMILES string of the molecule is CC(C)(C)C(=O)Cc1cc(F)ccc1NC(=O)C1(C)CCCCC1. The number of benzene rings is 1. The normalized spacial score (nSPS) is 17.4. The predicted molar refractivity (Wildman–Crippen MR) is 94.4 cm³/mol. The largest absolute Gasteiger partial charge is 0.325 e. The number of hydrogen-bond donors (Lipinski definition) is 1. The topological polar surface area (TPSA) is 46.2 Å². The summed E-state index contributed by atoms with van der Waals surface area (Å²) in [6.45, 7) is 7.52. The minimum Gasteiger partial charge on any atom is -0.325 e. The van der Waals surface area contributed by atoms with Crippen molar-refractivity contribution in [2.24, 2.45) is 10.8 Å². The summed E-state index contributed by atoms with van der Waals surface area (Å²) < 4.78 is 13.6. The van der Waals surface area contributed by atoms with E-state index >= 15 is 0 Å². The Morgan fingerprint density at radius 2 is 1.79 bits per heavy atom. The van der Waals surface area contributed by atoms with E-state index in [9.17, 15) is 14.0 Å². The Morgan fingerprint density at radius 3 is 2.38 bits per heavy atom. The molecule has 1 N–H and O–H groups in total. The molecule has 1 saturated carbocycles. The van der Waals surface area contributed by atoms with Crippen LogP contribution in [0.4, 0.5) is 10.1 Å². The minimum atomic E-state index is -0.497. The molecule has 0 atom stereocenters. The zero-order valence-electron chi connectivity index (χ0n) is 15.2. The van der Waals surface area contributed by atoms with Gasteiger partial charge in [-0.1, -0.05) is 47.0 Å². The molecule has 0 spiro atoms. The summed E-state index contributed by atoms with van der Waals surface area (Å²) in [5, 5.41) is 2.95. The van der Waals surface area contributed by atoms with Gasteiger partial charge in [0.2, 0.25) is 5.91 Å². The number of Topliss-reactive ketones (excluding diaryl/α,β-unsaturated/α-hetero) is 1. The van der Waals surface area contributed by atoms with Crippen LogP contribution in [0.2, 0.25) is 0 Å². The molecule has 1 aliphatic carbocycles. The van der Waals surface area contributed by atoms with Crippen LogP contribution < -0.4 is 5.32 Å². The fraction of sp³-hybridized carbons (Fsp3) is 0.600. The molecule has 3 nitrogen and oxygen atoms in total. The lowest BCUT2D eigenvalue weighted by Gasteiger charge is -2.32. The van der Waals surface area contributed by atoms with Crippen LogP contribution in [-0.4, -0.2) is 11.7 Å². The third-order valence-electron chi connectivity index (χ3n) is 5.01. The number of hydrogen-bond acceptors (Lipinski definition) is 2. The molecule has 1 aliphatic rings. The Bertz CT molecular complexity index is 625. The fourth-order valence-corrected chi connectivity index (χ4v) is 3.10. The average molecular weight is 333 g/mol. The van der Waals surface area contributed by atoms with Crippen LogP contribution in [0.3, 0.4) is 0 Å². The molecule has 0 radical (unpaired) electrons. The summed E-state index contributed by atoms with van der Waals surface area (Å²) in [5.74, 6) is -0.403. The molecule has 1 aromatic rings. The van der Waals surface area contributed by atoms with Gasteiger partial charge in [0.1, 0.15) is 11.6 Å². The molecule has 1 fully saturated rings. The monoisotopic (exact) mass is 333 g/mol. The number of nitrogens with one attached hydrogen (secondary N) is 1. The molecule has 0 bridgehead atoms. The van der Waals surface area contributed by atoms with Gasteiger partial charge in [0, 0.05) is 22.9 Å². The van der Waals surface area contributed by atoms with Crippen molar-refractivity contribution in [2.45, 2.75) is 66.2 Å². The van der Waals surface area contributed by atoms with Gasteiger partial charge in [0.25, 0.3) is 0 Å². The fourth-order valence-electron chi connectivity index (χ4n) is 3.10. The maximum absolute atomic E-state index is 13.6. The van der Waals surface area contributed by atoms with Gasteiger partial charge in [-0.3, -0.25) is 9.59 Å². The lowest BCUT2D eigenvalue weighted by atomic mass is 9.75. The number of halogens is 1. The zero-order chi connectivity index (χ0) is 18.0. The Kier molecular flexibility index (Phi) is 5.46. The summed E-state index contributed by atoms with van der Waals surface area (Å²) in [6.07, 6.45) is 5.15.